The highest BCUT2D eigenvalue weighted by atomic mass is 32.2. The van der Waals surface area contributed by atoms with Gasteiger partial charge in [0.05, 0.1) is 16.6 Å². The van der Waals surface area contributed by atoms with Crippen molar-refractivity contribution in [3.63, 3.8) is 0 Å². The summed E-state index contributed by atoms with van der Waals surface area (Å²) in [4.78, 5) is 2.34. The summed E-state index contributed by atoms with van der Waals surface area (Å²) in [5.41, 5.74) is 2.14. The summed E-state index contributed by atoms with van der Waals surface area (Å²) in [6.45, 7) is 4.80. The number of sulfonamides is 1. The average Bonchev–Trinajstić information content (AvgIpc) is 3.07. The van der Waals surface area contributed by atoms with Crippen LogP contribution in [0.5, 0.6) is 0 Å². The van der Waals surface area contributed by atoms with Gasteiger partial charge in [0.1, 0.15) is 23.1 Å². The molecule has 3 aromatic rings. The van der Waals surface area contributed by atoms with Crippen molar-refractivity contribution >= 4 is 20.9 Å². The number of alkyl halides is 3. The van der Waals surface area contributed by atoms with Crippen LogP contribution in [0.25, 0.3) is 10.9 Å². The van der Waals surface area contributed by atoms with Gasteiger partial charge in [0.2, 0.25) is 10.0 Å². The number of hydrogen-bond donors (Lipinski definition) is 2. The van der Waals surface area contributed by atoms with Crippen LogP contribution >= 0.6 is 0 Å². The normalized spacial score (nSPS) is 13.0. The molecule has 1 atom stereocenters. The molecule has 2 aromatic carbocycles. The average molecular weight is 460 g/mol. The van der Waals surface area contributed by atoms with Crippen molar-refractivity contribution in [3.05, 3.63) is 63.8 Å². The lowest BCUT2D eigenvalue weighted by Gasteiger charge is -2.22. The third kappa shape index (κ3) is 4.47. The SMILES string of the molecule is Cc1cc(C)c(S(=O)(=O)NC(Cc2c[nH]c3c(C#N)cc(C)cc23)C(F)(F)F)c(C#N)c1. The molecule has 6 nitrogen and oxygen atoms in total. The summed E-state index contributed by atoms with van der Waals surface area (Å²) in [6, 6.07) is 7.36. The summed E-state index contributed by atoms with van der Waals surface area (Å²) >= 11 is 0. The van der Waals surface area contributed by atoms with Gasteiger partial charge in [-0.05, 0) is 67.6 Å². The molecule has 10 heteroatoms. The predicted molar refractivity (Wildman–Crippen MR) is 112 cm³/mol. The van der Waals surface area contributed by atoms with E-state index in [2.05, 4.69) is 4.98 Å². The Balaban J connectivity index is 2.06. The molecule has 0 fully saturated rings. The van der Waals surface area contributed by atoms with E-state index in [1.807, 2.05) is 6.07 Å². The lowest BCUT2D eigenvalue weighted by molar-refractivity contribution is -0.150. The molecule has 32 heavy (non-hydrogen) atoms. The van der Waals surface area contributed by atoms with Crippen LogP contribution in [0.2, 0.25) is 0 Å². The Kier molecular flexibility index (Phi) is 6.05. The Bertz CT molecular complexity index is 1390. The van der Waals surface area contributed by atoms with E-state index in [-0.39, 0.29) is 22.3 Å². The smallest absolute Gasteiger partial charge is 0.360 e. The number of fused-ring (bicyclic) bond motifs is 1. The number of aromatic nitrogens is 1. The molecule has 166 valence electrons. The van der Waals surface area contributed by atoms with Crippen LogP contribution in [0.1, 0.15) is 33.4 Å². The molecule has 1 aromatic heterocycles. The number of benzene rings is 2. The number of nitrogens with zero attached hydrogens (tertiary/aromatic N) is 2. The summed E-state index contributed by atoms with van der Waals surface area (Å²) in [6.07, 6.45) is -4.25. The first-order chi connectivity index (χ1) is 14.9. The number of H-pyrrole nitrogens is 1. The second-order valence-corrected chi connectivity index (χ2v) is 9.30. The van der Waals surface area contributed by atoms with E-state index in [1.54, 1.807) is 36.8 Å². The van der Waals surface area contributed by atoms with E-state index < -0.39 is 33.6 Å². The maximum absolute atomic E-state index is 13.9. The van der Waals surface area contributed by atoms with E-state index >= 15 is 0 Å². The van der Waals surface area contributed by atoms with Crippen molar-refractivity contribution in [1.29, 1.82) is 10.5 Å². The van der Waals surface area contributed by atoms with Gasteiger partial charge in [-0.25, -0.2) is 8.42 Å². The molecule has 0 bridgehead atoms. The van der Waals surface area contributed by atoms with E-state index in [9.17, 15) is 32.1 Å². The molecule has 2 N–H and O–H groups in total. The monoisotopic (exact) mass is 460 g/mol. The Morgan fingerprint density at radius 3 is 2.22 bits per heavy atom. The molecule has 0 aliphatic carbocycles. The second kappa shape index (κ2) is 8.30. The van der Waals surface area contributed by atoms with Gasteiger partial charge >= 0.3 is 6.18 Å². The maximum Gasteiger partial charge on any atom is 0.405 e. The summed E-state index contributed by atoms with van der Waals surface area (Å²) < 4.78 is 69.2. The van der Waals surface area contributed by atoms with Gasteiger partial charge in [-0.3, -0.25) is 0 Å². The van der Waals surface area contributed by atoms with Gasteiger partial charge in [0.25, 0.3) is 0 Å². The maximum atomic E-state index is 13.9. The van der Waals surface area contributed by atoms with Crippen LogP contribution in [0.4, 0.5) is 13.2 Å². The van der Waals surface area contributed by atoms with Crippen LogP contribution in [0, 0.1) is 43.4 Å². The van der Waals surface area contributed by atoms with Gasteiger partial charge in [-0.1, -0.05) is 6.07 Å². The summed E-state index contributed by atoms with van der Waals surface area (Å²) in [7, 11) is -4.67. The zero-order valence-electron chi connectivity index (χ0n) is 17.4. The Morgan fingerprint density at radius 1 is 1.03 bits per heavy atom. The van der Waals surface area contributed by atoms with Crippen LogP contribution in [0.15, 0.2) is 35.4 Å². The molecule has 0 saturated heterocycles. The van der Waals surface area contributed by atoms with Crippen LogP contribution in [-0.2, 0) is 16.4 Å². The number of hydrogen-bond acceptors (Lipinski definition) is 4. The molecule has 0 aliphatic rings. The minimum Gasteiger partial charge on any atom is -0.360 e. The van der Waals surface area contributed by atoms with Gasteiger partial charge in [-0.2, -0.15) is 28.4 Å². The largest absolute Gasteiger partial charge is 0.405 e. The molecule has 0 amide bonds. The van der Waals surface area contributed by atoms with Crippen molar-refractivity contribution < 1.29 is 21.6 Å². The minimum absolute atomic E-state index is 0.177. The van der Waals surface area contributed by atoms with Crippen molar-refractivity contribution in [3.8, 4) is 12.1 Å². The van der Waals surface area contributed by atoms with E-state index in [0.717, 1.165) is 0 Å². The van der Waals surface area contributed by atoms with Crippen LogP contribution in [-0.4, -0.2) is 25.6 Å². The Morgan fingerprint density at radius 2 is 1.62 bits per heavy atom. The third-order valence-corrected chi connectivity index (χ3v) is 6.74. The van der Waals surface area contributed by atoms with Crippen molar-refractivity contribution in [2.24, 2.45) is 0 Å². The molecule has 0 saturated carbocycles. The van der Waals surface area contributed by atoms with Crippen molar-refractivity contribution in [1.82, 2.24) is 9.71 Å². The fraction of sp³-hybridized carbons (Fsp3) is 0.273. The van der Waals surface area contributed by atoms with Crippen molar-refractivity contribution in [2.75, 3.05) is 0 Å². The highest BCUT2D eigenvalue weighted by molar-refractivity contribution is 7.89. The molecule has 1 heterocycles. The second-order valence-electron chi connectivity index (χ2n) is 7.65. The zero-order valence-corrected chi connectivity index (χ0v) is 18.2. The Hall–Kier alpha value is -3.34. The van der Waals surface area contributed by atoms with Gasteiger partial charge < -0.3 is 4.98 Å². The number of nitrogens with one attached hydrogen (secondary N) is 2. The van der Waals surface area contributed by atoms with E-state index in [1.165, 1.54) is 25.3 Å². The predicted octanol–water partition coefficient (Wildman–Crippen LogP) is 4.29. The fourth-order valence-electron chi connectivity index (χ4n) is 3.77. The molecule has 3 rings (SSSR count). The van der Waals surface area contributed by atoms with Crippen LogP contribution < -0.4 is 4.72 Å². The third-order valence-electron chi connectivity index (χ3n) is 5.06. The fourth-order valence-corrected chi connectivity index (χ4v) is 5.36. The number of aryl methyl sites for hydroxylation is 3. The topological polar surface area (TPSA) is 110 Å². The van der Waals surface area contributed by atoms with Gasteiger partial charge in [0.15, 0.2) is 0 Å². The van der Waals surface area contributed by atoms with E-state index in [0.29, 0.717) is 22.0 Å². The quantitative estimate of drug-likeness (QED) is 0.592. The van der Waals surface area contributed by atoms with Gasteiger partial charge in [0, 0.05) is 11.6 Å². The molecule has 1 unspecified atom stereocenters. The summed E-state index contributed by atoms with van der Waals surface area (Å²) in [5, 5.41) is 19.0. The van der Waals surface area contributed by atoms with Gasteiger partial charge in [-0.15, -0.1) is 0 Å². The molecular formula is C22H19F3N4O2S. The number of aromatic amines is 1. The minimum atomic E-state index is -4.90. The standard InChI is InChI=1S/C22H19F3N4O2S/c1-12-4-14(3)21(16(6-12)10-27)32(30,31)29-19(22(23,24)25)8-17-11-28-20-15(9-26)5-13(2)7-18(17)20/h4-7,11,19,28-29H,8H2,1-3H3. The lowest BCUT2D eigenvalue weighted by Crippen LogP contribution is -2.47. The first kappa shape index (κ1) is 23.3. The molecule has 0 aliphatic heterocycles. The highest BCUT2D eigenvalue weighted by Crippen LogP contribution is 2.30. The number of nitriles is 2. The Labute approximate surface area is 183 Å². The first-order valence-electron chi connectivity index (χ1n) is 9.48. The molecule has 0 spiro atoms. The molecular weight excluding hydrogens is 441 g/mol. The van der Waals surface area contributed by atoms with E-state index in [4.69, 9.17) is 0 Å². The molecule has 0 radical (unpaired) electrons. The lowest BCUT2D eigenvalue weighted by atomic mass is 10.0. The number of halogens is 3. The van der Waals surface area contributed by atoms with Crippen molar-refractivity contribution in [2.45, 2.75) is 44.3 Å². The highest BCUT2D eigenvalue weighted by Gasteiger charge is 2.43. The zero-order chi connectivity index (χ0) is 23.8. The van der Waals surface area contributed by atoms with Crippen LogP contribution in [0.3, 0.4) is 0 Å². The first-order valence-corrected chi connectivity index (χ1v) is 11.0. The summed E-state index contributed by atoms with van der Waals surface area (Å²) in [5.74, 6) is 0. The number of rotatable bonds is 5.